The van der Waals surface area contributed by atoms with Crippen molar-refractivity contribution >= 4 is 46.4 Å². The highest BCUT2D eigenvalue weighted by atomic mass is 35.5. The second-order valence-corrected chi connectivity index (χ2v) is 7.70. The molecule has 0 N–H and O–H groups in total. The van der Waals surface area contributed by atoms with Crippen LogP contribution in [-0.2, 0) is 9.59 Å². The fourth-order valence-corrected chi connectivity index (χ4v) is 3.40. The summed E-state index contributed by atoms with van der Waals surface area (Å²) in [6.07, 6.45) is 0. The zero-order valence-electron chi connectivity index (χ0n) is 20.3. The summed E-state index contributed by atoms with van der Waals surface area (Å²) in [7, 11) is 0. The van der Waals surface area contributed by atoms with Gasteiger partial charge in [-0.05, 0) is 46.8 Å². The Balaban J connectivity index is 2.37. The van der Waals surface area contributed by atoms with Gasteiger partial charge < -0.3 is 18.9 Å². The molecular weight excluding hydrogens is 497 g/mol. The van der Waals surface area contributed by atoms with Crippen LogP contribution in [0.2, 0.25) is 5.02 Å². The molecule has 0 saturated heterocycles. The zero-order chi connectivity index (χ0) is 26.0. The van der Waals surface area contributed by atoms with Gasteiger partial charge in [-0.3, -0.25) is 9.59 Å². The molecule has 1 unspecified atom stereocenters. The van der Waals surface area contributed by atoms with Gasteiger partial charge in [0.15, 0.2) is 17.3 Å². The molecule has 0 radical (unpaired) electrons. The summed E-state index contributed by atoms with van der Waals surface area (Å²) < 4.78 is 23.0. The Morgan fingerprint density at radius 2 is 1.46 bits per heavy atom. The summed E-state index contributed by atoms with van der Waals surface area (Å²) in [4.78, 5) is 25.4. The van der Waals surface area contributed by atoms with Crippen molar-refractivity contribution in [3.05, 3.63) is 35.4 Å². The molecule has 35 heavy (non-hydrogen) atoms. The van der Waals surface area contributed by atoms with E-state index in [9.17, 15) is 9.59 Å². The lowest BCUT2D eigenvalue weighted by Crippen LogP contribution is -2.36. The Hall–Kier alpha value is -3.04. The summed E-state index contributed by atoms with van der Waals surface area (Å²) >= 11 is 12.7. The fraction of sp³-hybridized carbons (Fsp3) is 0.417. The van der Waals surface area contributed by atoms with Gasteiger partial charge in [0, 0.05) is 30.0 Å². The molecule has 0 fully saturated rings. The van der Waals surface area contributed by atoms with Crippen LogP contribution in [0.15, 0.2) is 40.6 Å². The predicted octanol–water partition coefficient (Wildman–Crippen LogP) is 6.16. The Morgan fingerprint density at radius 3 is 2.03 bits per heavy atom. The number of anilines is 1. The van der Waals surface area contributed by atoms with E-state index in [-0.39, 0.29) is 16.4 Å². The molecule has 0 aliphatic rings. The highest BCUT2D eigenvalue weighted by molar-refractivity contribution is 6.39. The van der Waals surface area contributed by atoms with Gasteiger partial charge in [-0.1, -0.05) is 11.6 Å². The van der Waals surface area contributed by atoms with E-state index in [1.54, 1.807) is 25.1 Å². The lowest BCUT2D eigenvalue weighted by molar-refractivity contribution is -0.126. The summed E-state index contributed by atoms with van der Waals surface area (Å²) in [6.45, 7) is 10.1. The number of rotatable bonds is 13. The molecule has 2 aromatic rings. The second kappa shape index (κ2) is 13.7. The monoisotopic (exact) mass is 525 g/mol. The number of benzene rings is 2. The van der Waals surface area contributed by atoms with Crippen LogP contribution in [0.5, 0.6) is 23.0 Å². The van der Waals surface area contributed by atoms with Gasteiger partial charge in [0.05, 0.1) is 31.5 Å². The zero-order valence-corrected chi connectivity index (χ0v) is 21.9. The molecule has 1 amide bonds. The number of ketones is 1. The third-order valence-electron chi connectivity index (χ3n) is 4.46. The van der Waals surface area contributed by atoms with E-state index in [0.29, 0.717) is 49.4 Å². The van der Waals surface area contributed by atoms with Crippen molar-refractivity contribution < 1.29 is 28.5 Å². The van der Waals surface area contributed by atoms with E-state index in [0.717, 1.165) is 4.42 Å². The third-order valence-corrected chi connectivity index (χ3v) is 5.11. The van der Waals surface area contributed by atoms with Crippen LogP contribution in [0.3, 0.4) is 0 Å². The van der Waals surface area contributed by atoms with Gasteiger partial charge in [-0.2, -0.15) is 10.2 Å². The van der Waals surface area contributed by atoms with Crippen LogP contribution >= 0.6 is 23.4 Å². The van der Waals surface area contributed by atoms with Gasteiger partial charge in [0.25, 0.3) is 5.91 Å². The van der Waals surface area contributed by atoms with Crippen molar-refractivity contribution in [2.75, 3.05) is 30.8 Å². The highest BCUT2D eigenvalue weighted by Crippen LogP contribution is 2.39. The number of halogens is 2. The maximum absolute atomic E-state index is 13.1. The first-order valence-electron chi connectivity index (χ1n) is 11.2. The smallest absolute Gasteiger partial charge is 0.276 e. The first-order valence-corrected chi connectivity index (χ1v) is 11.9. The average Bonchev–Trinajstić information content (AvgIpc) is 2.82. The Bertz CT molecular complexity index is 1060. The van der Waals surface area contributed by atoms with E-state index in [1.807, 2.05) is 20.8 Å². The standard InChI is InChI=1S/C24H29Cl2N3O6/c1-6-32-16-10-11-19(20(12-16)33-7-2)29(26)24(31)23(15(5)30)28-27-18-14-22(35-9-4)21(34-8-3)13-17(18)25/h10-14,23H,6-9H2,1-5H3. The maximum atomic E-state index is 13.1. The number of hydrogen-bond acceptors (Lipinski definition) is 8. The minimum Gasteiger partial charge on any atom is -0.494 e. The molecule has 190 valence electrons. The van der Waals surface area contributed by atoms with Crippen LogP contribution in [-0.4, -0.2) is 44.2 Å². The molecule has 9 nitrogen and oxygen atoms in total. The Labute approximate surface area is 215 Å². The number of azo groups is 1. The predicted molar refractivity (Wildman–Crippen MR) is 135 cm³/mol. The van der Waals surface area contributed by atoms with Crippen LogP contribution in [0, 0.1) is 0 Å². The summed E-state index contributed by atoms with van der Waals surface area (Å²) in [5.41, 5.74) is 0.441. The molecule has 2 rings (SSSR count). The minimum absolute atomic E-state index is 0.204. The van der Waals surface area contributed by atoms with Crippen molar-refractivity contribution in [3.8, 4) is 23.0 Å². The maximum Gasteiger partial charge on any atom is 0.276 e. The van der Waals surface area contributed by atoms with Gasteiger partial charge in [-0.25, -0.2) is 4.42 Å². The molecule has 2 aromatic carbocycles. The molecule has 0 heterocycles. The van der Waals surface area contributed by atoms with E-state index in [4.69, 9.17) is 42.3 Å². The number of carbonyl (C=O) groups excluding carboxylic acids is 2. The van der Waals surface area contributed by atoms with Gasteiger partial charge in [0.2, 0.25) is 6.04 Å². The number of Topliss-reactive ketones (excluding diaryl/α,β-unsaturated/α-hetero) is 1. The second-order valence-electron chi connectivity index (χ2n) is 6.96. The van der Waals surface area contributed by atoms with Gasteiger partial charge in [0.1, 0.15) is 22.9 Å². The fourth-order valence-electron chi connectivity index (χ4n) is 2.97. The van der Waals surface area contributed by atoms with Gasteiger partial charge >= 0.3 is 0 Å². The van der Waals surface area contributed by atoms with Crippen LogP contribution in [0.1, 0.15) is 34.6 Å². The van der Waals surface area contributed by atoms with E-state index >= 15 is 0 Å². The number of hydrogen-bond donors (Lipinski definition) is 0. The molecule has 1 atom stereocenters. The number of ether oxygens (including phenoxy) is 4. The summed E-state index contributed by atoms with van der Waals surface area (Å²) in [6, 6.07) is 6.38. The molecule has 0 aliphatic heterocycles. The van der Waals surface area contributed by atoms with Crippen molar-refractivity contribution in [2.24, 2.45) is 10.2 Å². The highest BCUT2D eigenvalue weighted by Gasteiger charge is 2.30. The van der Waals surface area contributed by atoms with Crippen molar-refractivity contribution in [1.82, 2.24) is 0 Å². The minimum atomic E-state index is -1.51. The SMILES string of the molecule is CCOc1ccc(N(Cl)C(=O)C(N=Nc2cc(OCC)c(OCC)cc2Cl)C(C)=O)c(OCC)c1. The molecule has 0 bridgehead atoms. The van der Waals surface area contributed by atoms with Crippen LogP contribution in [0.25, 0.3) is 0 Å². The van der Waals surface area contributed by atoms with Crippen LogP contribution < -0.4 is 23.4 Å². The average molecular weight is 526 g/mol. The lowest BCUT2D eigenvalue weighted by Gasteiger charge is -2.20. The number of carbonyl (C=O) groups is 2. The molecule has 0 aliphatic carbocycles. The molecular formula is C24H29Cl2N3O6. The normalized spacial score (nSPS) is 11.7. The molecule has 0 aromatic heterocycles. The van der Waals surface area contributed by atoms with Crippen LogP contribution in [0.4, 0.5) is 11.4 Å². The van der Waals surface area contributed by atoms with Gasteiger partial charge in [-0.15, -0.1) is 0 Å². The third kappa shape index (κ3) is 7.47. The number of amides is 1. The lowest BCUT2D eigenvalue weighted by atomic mass is 10.2. The topological polar surface area (TPSA) is 99.0 Å². The van der Waals surface area contributed by atoms with Crippen molar-refractivity contribution in [3.63, 3.8) is 0 Å². The summed E-state index contributed by atoms with van der Waals surface area (Å²) in [5.74, 6) is 0.365. The quantitative estimate of drug-likeness (QED) is 0.176. The van der Waals surface area contributed by atoms with Crippen molar-refractivity contribution in [2.45, 2.75) is 40.7 Å². The first kappa shape index (κ1) is 28.2. The number of nitrogens with zero attached hydrogens (tertiary/aromatic N) is 3. The van der Waals surface area contributed by atoms with Crippen molar-refractivity contribution in [1.29, 1.82) is 0 Å². The Kier molecular flexibility index (Phi) is 11.1. The largest absolute Gasteiger partial charge is 0.494 e. The van der Waals surface area contributed by atoms with E-state index in [1.165, 1.54) is 19.1 Å². The van der Waals surface area contributed by atoms with E-state index in [2.05, 4.69) is 10.2 Å². The molecule has 0 saturated carbocycles. The van der Waals surface area contributed by atoms with E-state index < -0.39 is 17.7 Å². The first-order chi connectivity index (χ1) is 16.8. The molecule has 0 spiro atoms. The summed E-state index contributed by atoms with van der Waals surface area (Å²) in [5, 5.41) is 8.21. The molecule has 11 heteroatoms. The Morgan fingerprint density at radius 1 is 0.886 bits per heavy atom.